The maximum absolute atomic E-state index is 6.07. The second-order valence-corrected chi connectivity index (χ2v) is 5.37. The van der Waals surface area contributed by atoms with Crippen LogP contribution >= 0.6 is 24.0 Å². The minimum absolute atomic E-state index is 0. The highest BCUT2D eigenvalue weighted by Gasteiger charge is 2.13. The van der Waals surface area contributed by atoms with Crippen molar-refractivity contribution in [2.24, 2.45) is 10.7 Å². The Balaban J connectivity index is 0.00000161. The molecule has 1 aliphatic rings. The lowest BCUT2D eigenvalue weighted by molar-refractivity contribution is 0.337. The fourth-order valence-electron chi connectivity index (χ4n) is 2.75. The number of piperidine rings is 1. The Morgan fingerprint density at radius 3 is 2.67 bits per heavy atom. The minimum Gasteiger partial charge on any atom is -0.459 e. The van der Waals surface area contributed by atoms with Gasteiger partial charge in [-0.05, 0) is 32.3 Å². The number of likely N-dealkylation sites (tertiary alicyclic amines) is 1. The number of aliphatic imine (C=N–C) groups is 1. The third-order valence-electron chi connectivity index (χ3n) is 4.01. The van der Waals surface area contributed by atoms with Gasteiger partial charge in [-0.3, -0.25) is 0 Å². The van der Waals surface area contributed by atoms with Crippen molar-refractivity contribution in [3.05, 3.63) is 35.6 Å². The fourth-order valence-corrected chi connectivity index (χ4v) is 2.75. The van der Waals surface area contributed by atoms with Crippen molar-refractivity contribution in [2.45, 2.75) is 32.7 Å². The average Bonchev–Trinajstić information content (AvgIpc) is 2.83. The number of rotatable bonds is 2. The number of fused-ring (bicyclic) bond motifs is 1. The largest absolute Gasteiger partial charge is 0.459 e. The predicted molar refractivity (Wildman–Crippen MR) is 97.1 cm³/mol. The van der Waals surface area contributed by atoms with Gasteiger partial charge in [-0.25, -0.2) is 4.99 Å². The summed E-state index contributed by atoms with van der Waals surface area (Å²) in [5.74, 6) is 1.55. The molecule has 1 aliphatic heterocycles. The maximum Gasteiger partial charge on any atom is 0.191 e. The lowest BCUT2D eigenvalue weighted by atomic mass is 10.1. The van der Waals surface area contributed by atoms with E-state index in [1.54, 1.807) is 0 Å². The maximum atomic E-state index is 6.07. The highest BCUT2D eigenvalue weighted by Crippen LogP contribution is 2.25. The van der Waals surface area contributed by atoms with Crippen LogP contribution in [-0.4, -0.2) is 23.9 Å². The molecule has 0 bridgehead atoms. The molecule has 5 heteroatoms. The lowest BCUT2D eigenvalue weighted by Crippen LogP contribution is -2.40. The van der Waals surface area contributed by atoms with Crippen LogP contribution in [0.5, 0.6) is 0 Å². The quantitative estimate of drug-likeness (QED) is 0.477. The summed E-state index contributed by atoms with van der Waals surface area (Å²) in [5, 5.41) is 1.16. The van der Waals surface area contributed by atoms with Crippen molar-refractivity contribution < 1.29 is 4.42 Å². The summed E-state index contributed by atoms with van der Waals surface area (Å²) in [7, 11) is 0. The van der Waals surface area contributed by atoms with Crippen LogP contribution in [0.3, 0.4) is 0 Å². The van der Waals surface area contributed by atoms with Gasteiger partial charge >= 0.3 is 0 Å². The van der Waals surface area contributed by atoms with Crippen LogP contribution in [0.15, 0.2) is 33.7 Å². The Bertz CT molecular complexity index is 629. The molecule has 0 atom stereocenters. The van der Waals surface area contributed by atoms with Crippen molar-refractivity contribution >= 4 is 40.9 Å². The Labute approximate surface area is 142 Å². The number of benzene rings is 1. The summed E-state index contributed by atoms with van der Waals surface area (Å²) in [6, 6.07) is 8.08. The summed E-state index contributed by atoms with van der Waals surface area (Å²) >= 11 is 0. The Kier molecular flexibility index (Phi) is 5.50. The van der Waals surface area contributed by atoms with Gasteiger partial charge in [0.05, 0.1) is 0 Å². The summed E-state index contributed by atoms with van der Waals surface area (Å²) in [5.41, 5.74) is 8.16. The van der Waals surface area contributed by atoms with Crippen LogP contribution < -0.4 is 5.73 Å². The summed E-state index contributed by atoms with van der Waals surface area (Å²) in [4.78, 5) is 6.67. The Morgan fingerprint density at radius 1 is 1.24 bits per heavy atom. The van der Waals surface area contributed by atoms with E-state index in [2.05, 4.69) is 22.9 Å². The summed E-state index contributed by atoms with van der Waals surface area (Å²) < 4.78 is 5.86. The highest BCUT2D eigenvalue weighted by atomic mass is 127. The Morgan fingerprint density at radius 2 is 1.95 bits per heavy atom. The molecule has 21 heavy (non-hydrogen) atoms. The van der Waals surface area contributed by atoms with Crippen LogP contribution in [0.1, 0.15) is 30.6 Å². The van der Waals surface area contributed by atoms with Crippen molar-refractivity contribution in [2.75, 3.05) is 13.1 Å². The number of hydrogen-bond donors (Lipinski definition) is 1. The van der Waals surface area contributed by atoms with Gasteiger partial charge in [0.2, 0.25) is 0 Å². The number of nitrogens with two attached hydrogens (primary N) is 1. The van der Waals surface area contributed by atoms with E-state index in [4.69, 9.17) is 10.2 Å². The number of aryl methyl sites for hydroxylation is 1. The molecule has 1 aromatic heterocycles. The first-order valence-corrected chi connectivity index (χ1v) is 7.27. The second kappa shape index (κ2) is 7.15. The number of nitrogens with zero attached hydrogens (tertiary/aromatic N) is 2. The zero-order chi connectivity index (χ0) is 13.9. The van der Waals surface area contributed by atoms with Crippen LogP contribution in [0.2, 0.25) is 0 Å². The van der Waals surface area contributed by atoms with Crippen LogP contribution in [-0.2, 0) is 6.54 Å². The second-order valence-electron chi connectivity index (χ2n) is 5.37. The van der Waals surface area contributed by atoms with Gasteiger partial charge < -0.3 is 15.1 Å². The number of para-hydroxylation sites is 1. The first kappa shape index (κ1) is 16.1. The smallest absolute Gasteiger partial charge is 0.191 e. The van der Waals surface area contributed by atoms with E-state index in [9.17, 15) is 0 Å². The molecule has 1 saturated heterocycles. The molecule has 2 heterocycles. The van der Waals surface area contributed by atoms with Crippen LogP contribution in [0, 0.1) is 6.92 Å². The molecule has 3 rings (SSSR count). The third-order valence-corrected chi connectivity index (χ3v) is 4.01. The molecular weight excluding hydrogens is 377 g/mol. The molecule has 2 N–H and O–H groups in total. The van der Waals surface area contributed by atoms with E-state index >= 15 is 0 Å². The van der Waals surface area contributed by atoms with Crippen molar-refractivity contribution in [3.63, 3.8) is 0 Å². The van der Waals surface area contributed by atoms with E-state index < -0.39 is 0 Å². The zero-order valence-corrected chi connectivity index (χ0v) is 14.7. The normalized spacial score (nSPS) is 16.0. The number of furan rings is 1. The first-order valence-electron chi connectivity index (χ1n) is 7.27. The number of hydrogen-bond acceptors (Lipinski definition) is 2. The highest BCUT2D eigenvalue weighted by molar-refractivity contribution is 14.0. The lowest BCUT2D eigenvalue weighted by Gasteiger charge is -2.27. The molecule has 0 unspecified atom stereocenters. The predicted octanol–water partition coefficient (Wildman–Crippen LogP) is 3.66. The van der Waals surface area contributed by atoms with Crippen molar-refractivity contribution in [3.8, 4) is 0 Å². The van der Waals surface area contributed by atoms with Gasteiger partial charge in [-0.2, -0.15) is 0 Å². The molecule has 114 valence electrons. The van der Waals surface area contributed by atoms with E-state index in [1.807, 2.05) is 18.2 Å². The van der Waals surface area contributed by atoms with E-state index in [1.165, 1.54) is 19.3 Å². The average molecular weight is 399 g/mol. The first-order chi connectivity index (χ1) is 9.75. The van der Waals surface area contributed by atoms with Gasteiger partial charge in [-0.1, -0.05) is 18.2 Å². The molecule has 0 saturated carbocycles. The monoisotopic (exact) mass is 399 g/mol. The molecule has 0 aliphatic carbocycles. The van der Waals surface area contributed by atoms with Gasteiger partial charge in [0.25, 0.3) is 0 Å². The molecule has 1 aromatic carbocycles. The Hall–Kier alpha value is -1.24. The van der Waals surface area contributed by atoms with Crippen molar-refractivity contribution in [1.82, 2.24) is 4.90 Å². The molecule has 4 nitrogen and oxygen atoms in total. The molecule has 0 radical (unpaired) electrons. The van der Waals surface area contributed by atoms with E-state index in [-0.39, 0.29) is 24.0 Å². The van der Waals surface area contributed by atoms with E-state index in [0.717, 1.165) is 35.4 Å². The third kappa shape index (κ3) is 3.51. The van der Waals surface area contributed by atoms with Crippen LogP contribution in [0.4, 0.5) is 0 Å². The molecular formula is C16H22IN3O. The molecule has 1 fully saturated rings. The molecule has 0 amide bonds. The fraction of sp³-hybridized carbons (Fsp3) is 0.438. The van der Waals surface area contributed by atoms with Gasteiger partial charge in [-0.15, -0.1) is 24.0 Å². The summed E-state index contributed by atoms with van der Waals surface area (Å²) in [6.45, 7) is 4.64. The van der Waals surface area contributed by atoms with Crippen LogP contribution in [0.25, 0.3) is 11.0 Å². The van der Waals surface area contributed by atoms with Gasteiger partial charge in [0, 0.05) is 24.0 Å². The molecule has 0 spiro atoms. The van der Waals surface area contributed by atoms with E-state index in [0.29, 0.717) is 12.5 Å². The van der Waals surface area contributed by atoms with Gasteiger partial charge in [0.15, 0.2) is 5.96 Å². The standard InChI is InChI=1S/C16H21N3O.HI/c1-12-13-7-3-4-8-14(13)20-15(12)11-18-16(17)19-9-5-2-6-10-19;/h3-4,7-8H,2,5-6,9-11H2,1H3,(H2,17,18);1H. The topological polar surface area (TPSA) is 54.8 Å². The van der Waals surface area contributed by atoms with Gasteiger partial charge in [0.1, 0.15) is 17.9 Å². The number of halogens is 1. The number of guanidine groups is 1. The minimum atomic E-state index is 0. The van der Waals surface area contributed by atoms with Crippen molar-refractivity contribution in [1.29, 1.82) is 0 Å². The zero-order valence-electron chi connectivity index (χ0n) is 12.3. The molecule has 2 aromatic rings. The summed E-state index contributed by atoms with van der Waals surface area (Å²) in [6.07, 6.45) is 3.71. The SMILES string of the molecule is Cc1c(CN=C(N)N2CCCCC2)oc2ccccc12.I.